The topological polar surface area (TPSA) is 94.3 Å². The number of nitrogens with zero attached hydrogens (tertiary/aromatic N) is 2. The largest absolute Gasteiger partial charge is 0.452 e. The fourth-order valence-corrected chi connectivity index (χ4v) is 2.60. The summed E-state index contributed by atoms with van der Waals surface area (Å²) < 4.78 is 10.0. The molecule has 0 spiro atoms. The Bertz CT molecular complexity index is 858. The lowest BCUT2D eigenvalue weighted by molar-refractivity contribution is 0.0431. The predicted molar refractivity (Wildman–Crippen MR) is 86.9 cm³/mol. The van der Waals surface area contributed by atoms with Crippen molar-refractivity contribution in [3.63, 3.8) is 0 Å². The summed E-state index contributed by atoms with van der Waals surface area (Å²) in [6, 6.07) is 8.33. The SMILES string of the molecule is Cc1noc(COC(=O)c2ccccc2NC(=O)c2ccsc2)n1. The number of para-hydroxylation sites is 1. The number of hydrogen-bond donors (Lipinski definition) is 1. The molecule has 8 heteroatoms. The molecule has 0 radical (unpaired) electrons. The van der Waals surface area contributed by atoms with Gasteiger partial charge < -0.3 is 14.6 Å². The first-order valence-electron chi connectivity index (χ1n) is 7.02. The fraction of sp³-hybridized carbons (Fsp3) is 0.125. The van der Waals surface area contributed by atoms with Crippen LogP contribution in [-0.2, 0) is 11.3 Å². The van der Waals surface area contributed by atoms with E-state index in [0.717, 1.165) is 0 Å². The Kier molecular flexibility index (Phi) is 4.66. The van der Waals surface area contributed by atoms with Gasteiger partial charge in [0.15, 0.2) is 12.4 Å². The van der Waals surface area contributed by atoms with Crippen LogP contribution < -0.4 is 5.32 Å². The Hall–Kier alpha value is -3.00. The number of esters is 1. The molecule has 0 unspecified atom stereocenters. The minimum absolute atomic E-state index is 0.132. The van der Waals surface area contributed by atoms with Gasteiger partial charge in [-0.3, -0.25) is 4.79 Å². The molecule has 0 aliphatic carbocycles. The highest BCUT2D eigenvalue weighted by Crippen LogP contribution is 2.18. The second kappa shape index (κ2) is 7.05. The molecule has 0 fully saturated rings. The lowest BCUT2D eigenvalue weighted by atomic mass is 10.1. The summed E-state index contributed by atoms with van der Waals surface area (Å²) in [5, 5.41) is 9.87. The van der Waals surface area contributed by atoms with Crippen molar-refractivity contribution in [3.05, 3.63) is 63.9 Å². The van der Waals surface area contributed by atoms with E-state index in [2.05, 4.69) is 15.5 Å². The van der Waals surface area contributed by atoms with Crippen molar-refractivity contribution < 1.29 is 18.8 Å². The molecule has 0 aliphatic rings. The number of nitrogens with one attached hydrogen (secondary N) is 1. The number of aryl methyl sites for hydroxylation is 1. The van der Waals surface area contributed by atoms with Crippen molar-refractivity contribution in [1.82, 2.24) is 10.1 Å². The highest BCUT2D eigenvalue weighted by molar-refractivity contribution is 7.08. The second-order valence-corrected chi connectivity index (χ2v) is 5.60. The standard InChI is InChI=1S/C16H13N3O4S/c1-10-17-14(23-19-10)8-22-16(21)12-4-2-3-5-13(12)18-15(20)11-6-7-24-9-11/h2-7,9H,8H2,1H3,(H,18,20). The minimum Gasteiger partial charge on any atom is -0.452 e. The molecule has 0 atom stereocenters. The molecule has 0 bridgehead atoms. The monoisotopic (exact) mass is 343 g/mol. The van der Waals surface area contributed by atoms with Crippen LogP contribution in [0.3, 0.4) is 0 Å². The molecule has 3 aromatic rings. The van der Waals surface area contributed by atoms with E-state index in [9.17, 15) is 9.59 Å². The highest BCUT2D eigenvalue weighted by Gasteiger charge is 2.16. The second-order valence-electron chi connectivity index (χ2n) is 4.82. The van der Waals surface area contributed by atoms with Gasteiger partial charge in [0, 0.05) is 5.38 Å². The predicted octanol–water partition coefficient (Wildman–Crippen LogP) is 3.05. The molecule has 1 aromatic carbocycles. The van der Waals surface area contributed by atoms with Gasteiger partial charge in [0.25, 0.3) is 11.8 Å². The zero-order chi connectivity index (χ0) is 16.9. The first-order valence-corrected chi connectivity index (χ1v) is 7.96. The third kappa shape index (κ3) is 3.66. The summed E-state index contributed by atoms with van der Waals surface area (Å²) in [4.78, 5) is 28.4. The van der Waals surface area contributed by atoms with E-state index in [1.165, 1.54) is 11.3 Å². The maximum atomic E-state index is 12.3. The third-order valence-electron chi connectivity index (χ3n) is 3.07. The van der Waals surface area contributed by atoms with Gasteiger partial charge in [-0.05, 0) is 30.5 Å². The maximum absolute atomic E-state index is 12.3. The lowest BCUT2D eigenvalue weighted by Gasteiger charge is -2.09. The van der Waals surface area contributed by atoms with Crippen LogP contribution in [0.25, 0.3) is 0 Å². The smallest absolute Gasteiger partial charge is 0.340 e. The van der Waals surface area contributed by atoms with E-state index in [0.29, 0.717) is 17.1 Å². The number of ether oxygens (including phenoxy) is 1. The molecular formula is C16H13N3O4S. The Morgan fingerprint density at radius 1 is 1.29 bits per heavy atom. The molecule has 2 heterocycles. The van der Waals surface area contributed by atoms with Crippen molar-refractivity contribution in [1.29, 1.82) is 0 Å². The zero-order valence-electron chi connectivity index (χ0n) is 12.7. The Morgan fingerprint density at radius 3 is 2.83 bits per heavy atom. The normalized spacial score (nSPS) is 10.4. The molecule has 1 N–H and O–H groups in total. The van der Waals surface area contributed by atoms with E-state index in [-0.39, 0.29) is 24.0 Å². The van der Waals surface area contributed by atoms with Crippen molar-refractivity contribution in [2.75, 3.05) is 5.32 Å². The maximum Gasteiger partial charge on any atom is 0.340 e. The molecule has 122 valence electrons. The first kappa shape index (κ1) is 15.9. The van der Waals surface area contributed by atoms with Gasteiger partial charge in [-0.25, -0.2) is 4.79 Å². The summed E-state index contributed by atoms with van der Waals surface area (Å²) >= 11 is 1.42. The molecule has 2 aromatic heterocycles. The van der Waals surface area contributed by atoms with Gasteiger partial charge >= 0.3 is 5.97 Å². The van der Waals surface area contributed by atoms with Gasteiger partial charge in [0.1, 0.15) is 0 Å². The summed E-state index contributed by atoms with van der Waals surface area (Å²) in [5.74, 6) is -0.207. The van der Waals surface area contributed by atoms with Crippen LogP contribution >= 0.6 is 11.3 Å². The first-order chi connectivity index (χ1) is 11.6. The molecule has 0 saturated heterocycles. The number of carbonyl (C=O) groups excluding carboxylic acids is 2. The average Bonchev–Trinajstić information content (AvgIpc) is 3.25. The number of amides is 1. The molecule has 7 nitrogen and oxygen atoms in total. The van der Waals surface area contributed by atoms with Crippen LogP contribution in [0, 0.1) is 6.92 Å². The summed E-state index contributed by atoms with van der Waals surface area (Å²) in [7, 11) is 0. The van der Waals surface area contributed by atoms with Gasteiger partial charge in [-0.2, -0.15) is 16.3 Å². The van der Waals surface area contributed by atoms with Crippen LogP contribution in [0.1, 0.15) is 32.4 Å². The van der Waals surface area contributed by atoms with Gasteiger partial charge in [-0.1, -0.05) is 17.3 Å². The van der Waals surface area contributed by atoms with E-state index in [4.69, 9.17) is 9.26 Å². The van der Waals surface area contributed by atoms with Crippen LogP contribution in [0.2, 0.25) is 0 Å². The van der Waals surface area contributed by atoms with Crippen LogP contribution in [0.4, 0.5) is 5.69 Å². The highest BCUT2D eigenvalue weighted by atomic mass is 32.1. The number of carbonyl (C=O) groups is 2. The van der Waals surface area contributed by atoms with E-state index < -0.39 is 5.97 Å². The fourth-order valence-electron chi connectivity index (χ4n) is 1.96. The number of aromatic nitrogens is 2. The van der Waals surface area contributed by atoms with E-state index in [1.807, 2.05) is 5.38 Å². The molecule has 0 saturated carbocycles. The Morgan fingerprint density at radius 2 is 2.12 bits per heavy atom. The van der Waals surface area contributed by atoms with Crippen LogP contribution in [-0.4, -0.2) is 22.0 Å². The average molecular weight is 343 g/mol. The number of thiophene rings is 1. The summed E-state index contributed by atoms with van der Waals surface area (Å²) in [6.07, 6.45) is 0. The number of rotatable bonds is 5. The summed E-state index contributed by atoms with van der Waals surface area (Å²) in [6.45, 7) is 1.54. The number of anilines is 1. The number of hydrogen-bond acceptors (Lipinski definition) is 7. The van der Waals surface area contributed by atoms with Crippen molar-refractivity contribution in [2.45, 2.75) is 13.5 Å². The molecular weight excluding hydrogens is 330 g/mol. The van der Waals surface area contributed by atoms with Gasteiger partial charge in [-0.15, -0.1) is 0 Å². The van der Waals surface area contributed by atoms with Gasteiger partial charge in [0.05, 0.1) is 16.8 Å². The van der Waals surface area contributed by atoms with E-state index >= 15 is 0 Å². The number of benzene rings is 1. The van der Waals surface area contributed by atoms with Crippen LogP contribution in [0.5, 0.6) is 0 Å². The lowest BCUT2D eigenvalue weighted by Crippen LogP contribution is -2.15. The van der Waals surface area contributed by atoms with Crippen molar-refractivity contribution in [2.24, 2.45) is 0 Å². The molecule has 24 heavy (non-hydrogen) atoms. The molecule has 0 aliphatic heterocycles. The molecule has 3 rings (SSSR count). The van der Waals surface area contributed by atoms with Gasteiger partial charge in [0.2, 0.25) is 0 Å². The Balaban J connectivity index is 1.71. The quantitative estimate of drug-likeness (QED) is 0.716. The van der Waals surface area contributed by atoms with Crippen molar-refractivity contribution >= 4 is 28.9 Å². The van der Waals surface area contributed by atoms with Crippen LogP contribution in [0.15, 0.2) is 45.6 Å². The zero-order valence-corrected chi connectivity index (χ0v) is 13.5. The molecule has 1 amide bonds. The van der Waals surface area contributed by atoms with E-state index in [1.54, 1.807) is 42.6 Å². The minimum atomic E-state index is -0.591. The third-order valence-corrected chi connectivity index (χ3v) is 3.76. The summed E-state index contributed by atoms with van der Waals surface area (Å²) in [5.41, 5.74) is 1.15. The van der Waals surface area contributed by atoms with Crippen molar-refractivity contribution in [3.8, 4) is 0 Å². The Labute approximate surface area is 141 Å².